The van der Waals surface area contributed by atoms with Crippen molar-refractivity contribution >= 4 is 5.82 Å². The minimum absolute atomic E-state index is 0.231. The van der Waals surface area contributed by atoms with Crippen LogP contribution in [0, 0.1) is 5.92 Å². The summed E-state index contributed by atoms with van der Waals surface area (Å²) in [6.45, 7) is 0.806. The number of hydrogen-bond donors (Lipinski definition) is 1. The average molecular weight is 260 g/mol. The quantitative estimate of drug-likeness (QED) is 0.895. The molecule has 1 unspecified atom stereocenters. The molecule has 1 fully saturated rings. The van der Waals surface area contributed by atoms with E-state index in [1.807, 2.05) is 0 Å². The predicted molar refractivity (Wildman–Crippen MR) is 61.1 cm³/mol. The van der Waals surface area contributed by atoms with Gasteiger partial charge in [-0.25, -0.2) is 4.98 Å². The highest BCUT2D eigenvalue weighted by molar-refractivity contribution is 5.29. The Morgan fingerprint density at radius 3 is 2.89 bits per heavy atom. The van der Waals surface area contributed by atoms with Gasteiger partial charge in [0.25, 0.3) is 0 Å². The number of likely N-dealkylation sites (tertiary alicyclic amines) is 1. The smallest absolute Gasteiger partial charge is 0.368 e. The van der Waals surface area contributed by atoms with E-state index in [1.54, 1.807) is 18.6 Å². The summed E-state index contributed by atoms with van der Waals surface area (Å²) in [5.41, 5.74) is 0. The highest BCUT2D eigenvalue weighted by Crippen LogP contribution is 2.22. The third-order valence-electron chi connectivity index (χ3n) is 2.91. The number of rotatable bonds is 4. The molecule has 1 aliphatic rings. The minimum atomic E-state index is -4.10. The van der Waals surface area contributed by atoms with Gasteiger partial charge in [-0.2, -0.15) is 13.2 Å². The van der Waals surface area contributed by atoms with Crippen molar-refractivity contribution in [3.8, 4) is 0 Å². The van der Waals surface area contributed by atoms with E-state index in [1.165, 1.54) is 4.90 Å². The summed E-state index contributed by atoms with van der Waals surface area (Å²) in [4.78, 5) is 9.41. The van der Waals surface area contributed by atoms with E-state index in [-0.39, 0.29) is 5.92 Å². The van der Waals surface area contributed by atoms with Gasteiger partial charge >= 0.3 is 6.18 Å². The van der Waals surface area contributed by atoms with E-state index < -0.39 is 12.7 Å². The van der Waals surface area contributed by atoms with Crippen LogP contribution in [0.2, 0.25) is 0 Å². The van der Waals surface area contributed by atoms with Crippen LogP contribution in [-0.4, -0.2) is 47.2 Å². The van der Waals surface area contributed by atoms with Crippen molar-refractivity contribution in [1.82, 2.24) is 14.9 Å². The molecule has 1 saturated heterocycles. The molecule has 100 valence electrons. The van der Waals surface area contributed by atoms with E-state index >= 15 is 0 Å². The van der Waals surface area contributed by atoms with Gasteiger partial charge in [-0.15, -0.1) is 0 Å². The first-order chi connectivity index (χ1) is 8.53. The van der Waals surface area contributed by atoms with E-state index in [9.17, 15) is 13.2 Å². The second kappa shape index (κ2) is 5.51. The van der Waals surface area contributed by atoms with Crippen molar-refractivity contribution in [2.45, 2.75) is 12.6 Å². The molecule has 0 bridgehead atoms. The van der Waals surface area contributed by atoms with E-state index in [0.29, 0.717) is 25.5 Å². The predicted octanol–water partition coefficient (Wildman–Crippen LogP) is 1.77. The average Bonchev–Trinajstić information content (AvgIpc) is 2.73. The first-order valence-electron chi connectivity index (χ1n) is 5.82. The Labute approximate surface area is 103 Å². The Morgan fingerprint density at radius 2 is 2.22 bits per heavy atom. The summed E-state index contributed by atoms with van der Waals surface area (Å²) >= 11 is 0. The van der Waals surface area contributed by atoms with Crippen molar-refractivity contribution < 1.29 is 13.2 Å². The molecule has 0 spiro atoms. The van der Waals surface area contributed by atoms with Gasteiger partial charge in [-0.3, -0.25) is 9.88 Å². The Morgan fingerprint density at radius 1 is 1.39 bits per heavy atom. The van der Waals surface area contributed by atoms with E-state index in [2.05, 4.69) is 15.3 Å². The van der Waals surface area contributed by atoms with Gasteiger partial charge in [0.15, 0.2) is 0 Å². The number of hydrogen-bond acceptors (Lipinski definition) is 4. The third-order valence-corrected chi connectivity index (χ3v) is 2.91. The first-order valence-corrected chi connectivity index (χ1v) is 5.82. The molecule has 0 amide bonds. The molecule has 7 heteroatoms. The Hall–Kier alpha value is -1.37. The highest BCUT2D eigenvalue weighted by Gasteiger charge is 2.34. The third kappa shape index (κ3) is 4.14. The molecule has 1 atom stereocenters. The molecule has 1 aromatic heterocycles. The van der Waals surface area contributed by atoms with Gasteiger partial charge in [0, 0.05) is 25.5 Å². The molecule has 0 saturated carbocycles. The van der Waals surface area contributed by atoms with Gasteiger partial charge in [-0.1, -0.05) is 0 Å². The van der Waals surface area contributed by atoms with Crippen LogP contribution < -0.4 is 5.32 Å². The van der Waals surface area contributed by atoms with Crippen LogP contribution in [0.3, 0.4) is 0 Å². The standard InChI is InChI=1S/C11H15F3N4/c12-11(13,14)8-18-4-1-9(7-18)5-17-10-6-15-2-3-16-10/h2-3,6,9H,1,4-5,7-8H2,(H,16,17). The van der Waals surface area contributed by atoms with Gasteiger partial charge < -0.3 is 5.32 Å². The molecule has 0 aromatic carbocycles. The van der Waals surface area contributed by atoms with Gasteiger partial charge in [0.1, 0.15) is 5.82 Å². The highest BCUT2D eigenvalue weighted by atomic mass is 19.4. The topological polar surface area (TPSA) is 41.0 Å². The fourth-order valence-electron chi connectivity index (χ4n) is 2.12. The molecule has 0 aliphatic carbocycles. The molecule has 1 aromatic rings. The summed E-state index contributed by atoms with van der Waals surface area (Å²) in [5, 5.41) is 3.09. The number of alkyl halides is 3. The molecule has 1 aliphatic heterocycles. The zero-order valence-corrected chi connectivity index (χ0v) is 9.82. The van der Waals surface area contributed by atoms with Crippen molar-refractivity contribution in [3.63, 3.8) is 0 Å². The maximum atomic E-state index is 12.2. The number of aromatic nitrogens is 2. The lowest BCUT2D eigenvalue weighted by atomic mass is 10.1. The minimum Gasteiger partial charge on any atom is -0.368 e. The number of nitrogens with one attached hydrogen (secondary N) is 1. The summed E-state index contributed by atoms with van der Waals surface area (Å²) in [6, 6.07) is 0. The number of anilines is 1. The molecule has 2 heterocycles. The largest absolute Gasteiger partial charge is 0.401 e. The fraction of sp³-hybridized carbons (Fsp3) is 0.636. The van der Waals surface area contributed by atoms with Gasteiger partial charge in [0.2, 0.25) is 0 Å². The van der Waals surface area contributed by atoms with Gasteiger partial charge in [-0.05, 0) is 18.9 Å². The second-order valence-corrected chi connectivity index (χ2v) is 4.48. The van der Waals surface area contributed by atoms with Crippen LogP contribution in [0.4, 0.5) is 19.0 Å². The molecule has 4 nitrogen and oxygen atoms in total. The van der Waals surface area contributed by atoms with Gasteiger partial charge in [0.05, 0.1) is 12.7 Å². The lowest BCUT2D eigenvalue weighted by molar-refractivity contribution is -0.143. The molecule has 0 radical (unpaired) electrons. The zero-order valence-electron chi connectivity index (χ0n) is 9.82. The maximum Gasteiger partial charge on any atom is 0.401 e. The van der Waals surface area contributed by atoms with Crippen molar-refractivity contribution in [2.75, 3.05) is 31.5 Å². The van der Waals surface area contributed by atoms with E-state index in [0.717, 1.165) is 6.42 Å². The Kier molecular flexibility index (Phi) is 4.00. The summed E-state index contributed by atoms with van der Waals surface area (Å²) < 4.78 is 36.6. The van der Waals surface area contributed by atoms with Crippen LogP contribution in [-0.2, 0) is 0 Å². The Bertz CT molecular complexity index is 368. The molecule has 2 rings (SSSR count). The SMILES string of the molecule is FC(F)(F)CN1CCC(CNc2cnccn2)C1. The normalized spacial score (nSPS) is 21.2. The summed E-state index contributed by atoms with van der Waals surface area (Å²) in [6.07, 6.45) is 1.43. The van der Waals surface area contributed by atoms with Crippen LogP contribution in [0.25, 0.3) is 0 Å². The van der Waals surface area contributed by atoms with Crippen molar-refractivity contribution in [3.05, 3.63) is 18.6 Å². The monoisotopic (exact) mass is 260 g/mol. The molecular weight excluding hydrogens is 245 g/mol. The lowest BCUT2D eigenvalue weighted by Crippen LogP contribution is -2.33. The van der Waals surface area contributed by atoms with Crippen LogP contribution in [0.1, 0.15) is 6.42 Å². The first kappa shape index (κ1) is 13.1. The van der Waals surface area contributed by atoms with Crippen molar-refractivity contribution in [2.24, 2.45) is 5.92 Å². The summed E-state index contributed by atoms with van der Waals surface area (Å²) in [5.74, 6) is 0.890. The molecular formula is C11H15F3N4. The molecule has 1 N–H and O–H groups in total. The Balaban J connectivity index is 1.73. The number of nitrogens with zero attached hydrogens (tertiary/aromatic N) is 3. The van der Waals surface area contributed by atoms with E-state index in [4.69, 9.17) is 0 Å². The van der Waals surface area contributed by atoms with Crippen LogP contribution in [0.15, 0.2) is 18.6 Å². The fourth-order valence-corrected chi connectivity index (χ4v) is 2.12. The molecule has 18 heavy (non-hydrogen) atoms. The zero-order chi connectivity index (χ0) is 13.0. The van der Waals surface area contributed by atoms with Crippen LogP contribution >= 0.6 is 0 Å². The van der Waals surface area contributed by atoms with Crippen LogP contribution in [0.5, 0.6) is 0 Å². The second-order valence-electron chi connectivity index (χ2n) is 4.48. The number of halogens is 3. The maximum absolute atomic E-state index is 12.2. The summed E-state index contributed by atoms with van der Waals surface area (Å²) in [7, 11) is 0. The lowest BCUT2D eigenvalue weighted by Gasteiger charge is -2.18. The van der Waals surface area contributed by atoms with Crippen molar-refractivity contribution in [1.29, 1.82) is 0 Å².